The van der Waals surface area contributed by atoms with Gasteiger partial charge in [-0.2, -0.15) is 0 Å². The summed E-state index contributed by atoms with van der Waals surface area (Å²) in [5, 5.41) is 6.36. The second-order valence-corrected chi connectivity index (χ2v) is 5.82. The molecule has 0 saturated carbocycles. The molecule has 0 bridgehead atoms. The Balaban J connectivity index is 1.76. The van der Waals surface area contributed by atoms with E-state index in [9.17, 15) is 4.79 Å². The molecule has 0 aliphatic heterocycles. The first kappa shape index (κ1) is 13.8. The first-order chi connectivity index (χ1) is 10.2. The molecule has 0 saturated heterocycles. The fraction of sp³-hybridized carbons (Fsp3) is 0.250. The van der Waals surface area contributed by atoms with Crippen LogP contribution < -0.4 is 5.32 Å². The fourth-order valence-electron chi connectivity index (χ4n) is 2.23. The maximum absolute atomic E-state index is 12.1. The van der Waals surface area contributed by atoms with Crippen LogP contribution >= 0.6 is 11.3 Å². The molecular weight excluding hydrogens is 284 g/mol. The van der Waals surface area contributed by atoms with Crippen LogP contribution in [-0.2, 0) is 17.6 Å². The lowest BCUT2D eigenvalue weighted by molar-refractivity contribution is -0.115. The lowest BCUT2D eigenvalue weighted by Gasteiger charge is -2.01. The molecule has 1 N–H and O–H groups in total. The third-order valence-corrected chi connectivity index (χ3v) is 4.22. The number of nitrogens with one attached hydrogen (secondary N) is 1. The Morgan fingerprint density at radius 1 is 1.43 bits per heavy atom. The van der Waals surface area contributed by atoms with E-state index in [0.717, 1.165) is 28.6 Å². The van der Waals surface area contributed by atoms with Crippen molar-refractivity contribution >= 4 is 33.3 Å². The number of hydrogen-bond donors (Lipinski definition) is 1. The normalized spacial score (nSPS) is 11.0. The van der Waals surface area contributed by atoms with Gasteiger partial charge in [0.25, 0.3) is 0 Å². The molecule has 2 heterocycles. The van der Waals surface area contributed by atoms with Crippen LogP contribution in [0.15, 0.2) is 34.3 Å². The number of aromatic nitrogens is 1. The van der Waals surface area contributed by atoms with Gasteiger partial charge in [0.2, 0.25) is 5.91 Å². The van der Waals surface area contributed by atoms with Gasteiger partial charge in [-0.1, -0.05) is 19.1 Å². The van der Waals surface area contributed by atoms with Crippen molar-refractivity contribution in [2.45, 2.75) is 26.7 Å². The van der Waals surface area contributed by atoms with Crippen LogP contribution in [0, 0.1) is 6.92 Å². The van der Waals surface area contributed by atoms with E-state index in [2.05, 4.69) is 23.3 Å². The second kappa shape index (κ2) is 5.69. The number of carbonyl (C=O) groups is 1. The SMILES string of the molecule is CCc1ccc2c(CC(=O)Nc3nc(C)cs3)coc2c1. The molecule has 5 heteroatoms. The van der Waals surface area contributed by atoms with Crippen molar-refractivity contribution < 1.29 is 9.21 Å². The first-order valence-corrected chi connectivity index (χ1v) is 7.74. The average molecular weight is 300 g/mol. The van der Waals surface area contributed by atoms with Crippen molar-refractivity contribution in [3.8, 4) is 0 Å². The topological polar surface area (TPSA) is 55.1 Å². The third kappa shape index (κ3) is 2.97. The lowest BCUT2D eigenvalue weighted by Crippen LogP contribution is -2.13. The second-order valence-electron chi connectivity index (χ2n) is 4.96. The van der Waals surface area contributed by atoms with E-state index in [0.29, 0.717) is 5.13 Å². The van der Waals surface area contributed by atoms with Crippen molar-refractivity contribution in [2.24, 2.45) is 0 Å². The molecule has 3 aromatic rings. The molecule has 0 fully saturated rings. The number of anilines is 1. The summed E-state index contributed by atoms with van der Waals surface area (Å²) < 4.78 is 5.55. The molecule has 0 radical (unpaired) electrons. The number of fused-ring (bicyclic) bond motifs is 1. The predicted octanol–water partition coefficient (Wildman–Crippen LogP) is 3.94. The molecule has 4 nitrogen and oxygen atoms in total. The van der Waals surface area contributed by atoms with Crippen LogP contribution in [0.3, 0.4) is 0 Å². The van der Waals surface area contributed by atoms with Crippen molar-refractivity contribution in [3.05, 3.63) is 46.7 Å². The standard InChI is InChI=1S/C16H16N2O2S/c1-3-11-4-5-13-12(8-20-14(13)6-11)7-15(19)18-16-17-10(2)9-21-16/h4-6,8-9H,3,7H2,1-2H3,(H,17,18,19). The highest BCUT2D eigenvalue weighted by atomic mass is 32.1. The number of carbonyl (C=O) groups excluding carboxylic acids is 1. The summed E-state index contributed by atoms with van der Waals surface area (Å²) in [4.78, 5) is 16.3. The van der Waals surface area contributed by atoms with Crippen LogP contribution in [0.1, 0.15) is 23.7 Å². The number of nitrogens with zero attached hydrogens (tertiary/aromatic N) is 1. The quantitative estimate of drug-likeness (QED) is 0.794. The van der Waals surface area contributed by atoms with Gasteiger partial charge in [-0.05, 0) is 25.0 Å². The summed E-state index contributed by atoms with van der Waals surface area (Å²) in [5.74, 6) is -0.0772. The number of rotatable bonds is 4. The Hall–Kier alpha value is -2.14. The lowest BCUT2D eigenvalue weighted by atomic mass is 10.1. The zero-order valence-corrected chi connectivity index (χ0v) is 12.8. The van der Waals surface area contributed by atoms with Gasteiger partial charge >= 0.3 is 0 Å². The Kier molecular flexibility index (Phi) is 3.75. The molecule has 2 aromatic heterocycles. The molecule has 108 valence electrons. The van der Waals surface area contributed by atoms with E-state index in [1.165, 1.54) is 16.9 Å². The number of thiazole rings is 1. The summed E-state index contributed by atoms with van der Waals surface area (Å²) in [5.41, 5.74) is 3.88. The maximum atomic E-state index is 12.1. The highest BCUT2D eigenvalue weighted by Crippen LogP contribution is 2.24. The zero-order chi connectivity index (χ0) is 14.8. The molecule has 1 amide bonds. The van der Waals surface area contributed by atoms with Gasteiger partial charge in [0, 0.05) is 16.3 Å². The van der Waals surface area contributed by atoms with E-state index in [1.807, 2.05) is 24.4 Å². The summed E-state index contributed by atoms with van der Waals surface area (Å²) in [6.45, 7) is 4.01. The van der Waals surface area contributed by atoms with Gasteiger partial charge in [-0.3, -0.25) is 4.79 Å². The van der Waals surface area contributed by atoms with E-state index in [1.54, 1.807) is 6.26 Å². The smallest absolute Gasteiger partial charge is 0.230 e. The number of furan rings is 1. The molecule has 0 aliphatic rings. The Bertz CT molecular complexity index is 789. The number of amides is 1. The number of aryl methyl sites for hydroxylation is 2. The summed E-state index contributed by atoms with van der Waals surface area (Å²) in [6, 6.07) is 6.12. The molecule has 1 aromatic carbocycles. The Labute approximate surface area is 126 Å². The molecule has 0 atom stereocenters. The molecule has 0 spiro atoms. The number of benzene rings is 1. The highest BCUT2D eigenvalue weighted by Gasteiger charge is 2.12. The highest BCUT2D eigenvalue weighted by molar-refractivity contribution is 7.13. The van der Waals surface area contributed by atoms with E-state index in [4.69, 9.17) is 4.42 Å². The number of hydrogen-bond acceptors (Lipinski definition) is 4. The molecule has 0 aliphatic carbocycles. The van der Waals surface area contributed by atoms with Crippen molar-refractivity contribution in [1.29, 1.82) is 0 Å². The van der Waals surface area contributed by atoms with Gasteiger partial charge < -0.3 is 9.73 Å². The minimum absolute atomic E-state index is 0.0772. The van der Waals surface area contributed by atoms with Crippen LogP contribution in [-0.4, -0.2) is 10.9 Å². The third-order valence-electron chi connectivity index (χ3n) is 3.34. The van der Waals surface area contributed by atoms with Gasteiger partial charge in [-0.15, -0.1) is 11.3 Å². The van der Waals surface area contributed by atoms with Gasteiger partial charge in [0.1, 0.15) is 5.58 Å². The summed E-state index contributed by atoms with van der Waals surface area (Å²) >= 11 is 1.43. The Morgan fingerprint density at radius 2 is 2.29 bits per heavy atom. The van der Waals surface area contributed by atoms with Crippen LogP contribution in [0.4, 0.5) is 5.13 Å². The van der Waals surface area contributed by atoms with Crippen LogP contribution in [0.2, 0.25) is 0 Å². The fourth-order valence-corrected chi connectivity index (χ4v) is 2.94. The van der Waals surface area contributed by atoms with Gasteiger partial charge in [0.05, 0.1) is 18.4 Å². The van der Waals surface area contributed by atoms with Crippen LogP contribution in [0.25, 0.3) is 11.0 Å². The van der Waals surface area contributed by atoms with E-state index in [-0.39, 0.29) is 12.3 Å². The maximum Gasteiger partial charge on any atom is 0.230 e. The van der Waals surface area contributed by atoms with E-state index < -0.39 is 0 Å². The summed E-state index contributed by atoms with van der Waals surface area (Å²) in [6.07, 6.45) is 2.92. The van der Waals surface area contributed by atoms with Crippen LogP contribution in [0.5, 0.6) is 0 Å². The Morgan fingerprint density at radius 3 is 3.00 bits per heavy atom. The minimum atomic E-state index is -0.0772. The molecule has 3 rings (SSSR count). The molecule has 21 heavy (non-hydrogen) atoms. The van der Waals surface area contributed by atoms with Gasteiger partial charge in [-0.25, -0.2) is 4.98 Å². The first-order valence-electron chi connectivity index (χ1n) is 6.86. The monoisotopic (exact) mass is 300 g/mol. The van der Waals surface area contributed by atoms with Crippen molar-refractivity contribution in [1.82, 2.24) is 4.98 Å². The predicted molar refractivity (Wildman–Crippen MR) is 84.8 cm³/mol. The van der Waals surface area contributed by atoms with Crippen molar-refractivity contribution in [2.75, 3.05) is 5.32 Å². The van der Waals surface area contributed by atoms with Crippen molar-refractivity contribution in [3.63, 3.8) is 0 Å². The van der Waals surface area contributed by atoms with Gasteiger partial charge in [0.15, 0.2) is 5.13 Å². The summed E-state index contributed by atoms with van der Waals surface area (Å²) in [7, 11) is 0. The largest absolute Gasteiger partial charge is 0.464 e. The van der Waals surface area contributed by atoms with E-state index >= 15 is 0 Å². The zero-order valence-electron chi connectivity index (χ0n) is 12.0. The average Bonchev–Trinajstić information content (AvgIpc) is 3.05. The molecular formula is C16H16N2O2S. The minimum Gasteiger partial charge on any atom is -0.464 e. The molecule has 0 unspecified atom stereocenters.